The number of H-pyrrole nitrogens is 1. The van der Waals surface area contributed by atoms with Crippen molar-refractivity contribution in [1.82, 2.24) is 25.0 Å². The highest BCUT2D eigenvalue weighted by atomic mass is 32.1. The summed E-state index contributed by atoms with van der Waals surface area (Å²) < 4.78 is 8.19. The summed E-state index contributed by atoms with van der Waals surface area (Å²) in [6, 6.07) is 0. The average molecular weight is 211 g/mol. The fourth-order valence-corrected chi connectivity index (χ4v) is 1.36. The van der Waals surface area contributed by atoms with E-state index in [4.69, 9.17) is 0 Å². The summed E-state index contributed by atoms with van der Waals surface area (Å²) in [5, 5.41) is 15.2. The molecule has 2 aromatic heterocycles. The molecule has 0 atom stereocenters. The molecule has 72 valence electrons. The van der Waals surface area contributed by atoms with Gasteiger partial charge in [-0.15, -0.1) is 10.2 Å². The first kappa shape index (κ1) is 8.75. The van der Waals surface area contributed by atoms with E-state index in [0.717, 1.165) is 0 Å². The Morgan fingerprint density at radius 2 is 2.43 bits per heavy atom. The maximum Gasteiger partial charge on any atom is 0.361 e. The average Bonchev–Trinajstić information content (AvgIpc) is 2.85. The van der Waals surface area contributed by atoms with Gasteiger partial charge in [0.15, 0.2) is 5.69 Å². The van der Waals surface area contributed by atoms with Gasteiger partial charge in [-0.3, -0.25) is 0 Å². The molecule has 0 saturated carbocycles. The number of carbonyl (C=O) groups is 1. The van der Waals surface area contributed by atoms with Crippen LogP contribution in [-0.4, -0.2) is 38.1 Å². The Morgan fingerprint density at radius 1 is 1.57 bits per heavy atom. The maximum atomic E-state index is 11.2. The molecule has 2 heterocycles. The van der Waals surface area contributed by atoms with Gasteiger partial charge in [0.1, 0.15) is 11.4 Å². The summed E-state index contributed by atoms with van der Waals surface area (Å²) in [4.78, 5) is 11.2. The fraction of sp³-hybridized carbons (Fsp3) is 0.167. The first-order valence-corrected chi connectivity index (χ1v) is 4.43. The quantitative estimate of drug-likeness (QED) is 0.708. The van der Waals surface area contributed by atoms with Crippen molar-refractivity contribution in [1.29, 1.82) is 0 Å². The van der Waals surface area contributed by atoms with Crippen LogP contribution in [-0.2, 0) is 4.74 Å². The van der Waals surface area contributed by atoms with Gasteiger partial charge in [0.05, 0.1) is 7.11 Å². The van der Waals surface area contributed by atoms with Crippen LogP contribution in [0, 0.1) is 0 Å². The van der Waals surface area contributed by atoms with Crippen molar-refractivity contribution in [3.63, 3.8) is 0 Å². The number of nitrogens with zero attached hydrogens (tertiary/aromatic N) is 4. The number of nitrogens with one attached hydrogen (secondary N) is 1. The van der Waals surface area contributed by atoms with E-state index in [1.165, 1.54) is 18.6 Å². The Kier molecular flexibility index (Phi) is 2.19. The van der Waals surface area contributed by atoms with E-state index < -0.39 is 5.97 Å². The molecule has 0 spiro atoms. The van der Waals surface area contributed by atoms with Crippen molar-refractivity contribution in [2.75, 3.05) is 7.11 Å². The second-order valence-electron chi connectivity index (χ2n) is 2.30. The first-order valence-electron chi connectivity index (χ1n) is 3.59. The second kappa shape index (κ2) is 3.50. The minimum atomic E-state index is -0.554. The molecule has 0 fully saturated rings. The molecule has 14 heavy (non-hydrogen) atoms. The summed E-state index contributed by atoms with van der Waals surface area (Å²) in [5.41, 5.74) is 0.968. The summed E-state index contributed by atoms with van der Waals surface area (Å²) in [6.07, 6.45) is 0. The standard InChI is InChI=1S/C6H5N5O2S/c1-13-6(12)5-4(8-10-9-5)3-2-14-11-7-3/h2H,1H3,(H,8,9,10). The number of hydrogen-bond donors (Lipinski definition) is 1. The molecule has 2 aromatic rings. The highest BCUT2D eigenvalue weighted by molar-refractivity contribution is 7.03. The van der Waals surface area contributed by atoms with Crippen LogP contribution in [0.15, 0.2) is 5.38 Å². The zero-order valence-electron chi connectivity index (χ0n) is 7.09. The van der Waals surface area contributed by atoms with Crippen LogP contribution in [0.4, 0.5) is 0 Å². The van der Waals surface area contributed by atoms with E-state index in [2.05, 4.69) is 29.7 Å². The van der Waals surface area contributed by atoms with Crippen molar-refractivity contribution in [3.8, 4) is 11.4 Å². The van der Waals surface area contributed by atoms with Crippen LogP contribution in [0.1, 0.15) is 10.5 Å². The fourth-order valence-electron chi connectivity index (χ4n) is 0.916. The van der Waals surface area contributed by atoms with Crippen LogP contribution < -0.4 is 0 Å². The Hall–Kier alpha value is -1.83. The highest BCUT2D eigenvalue weighted by Crippen LogP contribution is 2.17. The SMILES string of the molecule is COC(=O)c1n[nH]nc1-c1csnn1. The molecule has 0 bridgehead atoms. The van der Waals surface area contributed by atoms with Gasteiger partial charge in [0.2, 0.25) is 0 Å². The molecule has 0 unspecified atom stereocenters. The molecule has 0 aliphatic rings. The number of ether oxygens (including phenoxy) is 1. The number of hydrogen-bond acceptors (Lipinski definition) is 7. The molecule has 0 saturated heterocycles. The Bertz CT molecular complexity index is 437. The first-order chi connectivity index (χ1) is 6.83. The van der Waals surface area contributed by atoms with Gasteiger partial charge in [-0.1, -0.05) is 4.49 Å². The number of methoxy groups -OCH3 is 1. The normalized spacial score (nSPS) is 10.1. The van der Waals surface area contributed by atoms with E-state index in [-0.39, 0.29) is 5.69 Å². The smallest absolute Gasteiger partial charge is 0.361 e. The zero-order chi connectivity index (χ0) is 9.97. The number of rotatable bonds is 2. The van der Waals surface area contributed by atoms with Gasteiger partial charge < -0.3 is 4.74 Å². The largest absolute Gasteiger partial charge is 0.464 e. The summed E-state index contributed by atoms with van der Waals surface area (Å²) >= 11 is 1.17. The van der Waals surface area contributed by atoms with E-state index in [1.54, 1.807) is 5.38 Å². The lowest BCUT2D eigenvalue weighted by molar-refractivity contribution is 0.0595. The Morgan fingerprint density at radius 3 is 3.07 bits per heavy atom. The molecule has 2 rings (SSSR count). The molecule has 0 aromatic carbocycles. The van der Waals surface area contributed by atoms with Crippen LogP contribution in [0.2, 0.25) is 0 Å². The second-order valence-corrected chi connectivity index (χ2v) is 2.91. The van der Waals surface area contributed by atoms with Crippen LogP contribution in [0.25, 0.3) is 11.4 Å². The van der Waals surface area contributed by atoms with Crippen molar-refractivity contribution in [2.45, 2.75) is 0 Å². The third-order valence-corrected chi connectivity index (χ3v) is 2.03. The van der Waals surface area contributed by atoms with Gasteiger partial charge in [0.25, 0.3) is 0 Å². The Balaban J connectivity index is 2.45. The van der Waals surface area contributed by atoms with Gasteiger partial charge in [0, 0.05) is 5.38 Å². The highest BCUT2D eigenvalue weighted by Gasteiger charge is 2.19. The number of aromatic nitrogens is 5. The van der Waals surface area contributed by atoms with Gasteiger partial charge in [-0.05, 0) is 11.5 Å². The minimum Gasteiger partial charge on any atom is -0.464 e. The van der Waals surface area contributed by atoms with Crippen molar-refractivity contribution in [3.05, 3.63) is 11.1 Å². The monoisotopic (exact) mass is 211 g/mol. The summed E-state index contributed by atoms with van der Waals surface area (Å²) in [5.74, 6) is -0.554. The predicted molar refractivity (Wildman–Crippen MR) is 46.6 cm³/mol. The lowest BCUT2D eigenvalue weighted by Gasteiger charge is -1.93. The number of esters is 1. The zero-order valence-corrected chi connectivity index (χ0v) is 7.91. The molecule has 0 aliphatic heterocycles. The molecular weight excluding hydrogens is 206 g/mol. The molecule has 0 radical (unpaired) electrons. The third-order valence-electron chi connectivity index (χ3n) is 1.53. The lowest BCUT2D eigenvalue weighted by atomic mass is 10.3. The molecule has 0 aliphatic carbocycles. The van der Waals surface area contributed by atoms with E-state index in [0.29, 0.717) is 11.4 Å². The van der Waals surface area contributed by atoms with Gasteiger partial charge >= 0.3 is 5.97 Å². The molecule has 0 amide bonds. The van der Waals surface area contributed by atoms with Gasteiger partial charge in [-0.25, -0.2) is 4.79 Å². The summed E-state index contributed by atoms with van der Waals surface area (Å²) in [7, 11) is 1.28. The molecule has 8 heteroatoms. The van der Waals surface area contributed by atoms with E-state index >= 15 is 0 Å². The Labute approximate surface area is 82.3 Å². The van der Waals surface area contributed by atoms with Crippen LogP contribution >= 0.6 is 11.5 Å². The van der Waals surface area contributed by atoms with Crippen molar-refractivity contribution >= 4 is 17.5 Å². The minimum absolute atomic E-state index is 0.111. The van der Waals surface area contributed by atoms with Crippen molar-refractivity contribution in [2.24, 2.45) is 0 Å². The lowest BCUT2D eigenvalue weighted by Crippen LogP contribution is -2.03. The predicted octanol–water partition coefficient (Wildman–Crippen LogP) is 0.110. The topological polar surface area (TPSA) is 93.7 Å². The molecular formula is C6H5N5O2S. The van der Waals surface area contributed by atoms with Crippen LogP contribution in [0.5, 0.6) is 0 Å². The number of carbonyl (C=O) groups excluding carboxylic acids is 1. The van der Waals surface area contributed by atoms with Crippen molar-refractivity contribution < 1.29 is 9.53 Å². The van der Waals surface area contributed by atoms with Crippen LogP contribution in [0.3, 0.4) is 0 Å². The maximum absolute atomic E-state index is 11.2. The van der Waals surface area contributed by atoms with E-state index in [1.807, 2.05) is 0 Å². The summed E-state index contributed by atoms with van der Waals surface area (Å²) in [6.45, 7) is 0. The number of aromatic amines is 1. The molecule has 1 N–H and O–H groups in total. The van der Waals surface area contributed by atoms with E-state index in [9.17, 15) is 4.79 Å². The molecule has 7 nitrogen and oxygen atoms in total. The third kappa shape index (κ3) is 1.35. The van der Waals surface area contributed by atoms with Gasteiger partial charge in [-0.2, -0.15) is 10.3 Å².